The van der Waals surface area contributed by atoms with Crippen molar-refractivity contribution >= 4 is 33.4 Å². The van der Waals surface area contributed by atoms with Crippen LogP contribution in [-0.2, 0) is 16.1 Å². The quantitative estimate of drug-likeness (QED) is 0.724. The lowest BCUT2D eigenvalue weighted by Gasteiger charge is -2.27. The average Bonchev–Trinajstić information content (AvgIpc) is 3.25. The topological polar surface area (TPSA) is 61.9 Å². The van der Waals surface area contributed by atoms with Crippen LogP contribution in [0.2, 0.25) is 0 Å². The van der Waals surface area contributed by atoms with Gasteiger partial charge >= 0.3 is 0 Å². The Morgan fingerprint density at radius 3 is 2.60 bits per heavy atom. The Bertz CT molecular complexity index is 897. The molecule has 0 bridgehead atoms. The van der Waals surface area contributed by atoms with E-state index in [9.17, 15) is 9.59 Å². The predicted molar refractivity (Wildman–Crippen MR) is 119 cm³/mol. The first-order valence-corrected chi connectivity index (χ1v) is 11.2. The van der Waals surface area contributed by atoms with Gasteiger partial charge in [-0.2, -0.15) is 0 Å². The van der Waals surface area contributed by atoms with E-state index >= 15 is 0 Å². The molecular weight excluding hydrogens is 446 g/mol. The Hall–Kier alpha value is -2.22. The molecule has 2 aromatic rings. The fourth-order valence-corrected chi connectivity index (χ4v) is 4.30. The van der Waals surface area contributed by atoms with Crippen LogP contribution in [0.3, 0.4) is 0 Å². The van der Waals surface area contributed by atoms with Gasteiger partial charge in [-0.15, -0.1) is 0 Å². The smallest absolute Gasteiger partial charge is 0.254 e. The molecule has 0 aromatic heterocycles. The number of hydrogen-bond acceptors (Lipinski definition) is 4. The van der Waals surface area contributed by atoms with Gasteiger partial charge in [-0.25, -0.2) is 0 Å². The maximum absolute atomic E-state index is 13.0. The molecule has 2 fully saturated rings. The zero-order valence-corrected chi connectivity index (χ0v) is 18.4. The molecule has 6 nitrogen and oxygen atoms in total. The second kappa shape index (κ2) is 9.73. The van der Waals surface area contributed by atoms with Crippen LogP contribution < -0.4 is 5.32 Å². The fourth-order valence-electron chi connectivity index (χ4n) is 4.03. The van der Waals surface area contributed by atoms with Crippen LogP contribution in [0.25, 0.3) is 0 Å². The molecule has 2 aliphatic rings. The first-order chi connectivity index (χ1) is 14.6. The highest BCUT2D eigenvalue weighted by molar-refractivity contribution is 9.10. The Labute approximate surface area is 185 Å². The van der Waals surface area contributed by atoms with E-state index in [1.54, 1.807) is 17.0 Å². The third-order valence-electron chi connectivity index (χ3n) is 5.61. The number of hydrogen-bond donors (Lipinski definition) is 1. The van der Waals surface area contributed by atoms with Crippen molar-refractivity contribution in [3.8, 4) is 0 Å². The van der Waals surface area contributed by atoms with Gasteiger partial charge in [0, 0.05) is 41.9 Å². The van der Waals surface area contributed by atoms with Crippen LogP contribution in [0.4, 0.5) is 5.69 Å². The van der Waals surface area contributed by atoms with E-state index in [4.69, 9.17) is 4.74 Å². The number of nitrogens with one attached hydrogen (secondary N) is 1. The minimum Gasteiger partial charge on any atom is -0.379 e. The lowest BCUT2D eigenvalue weighted by molar-refractivity contribution is -0.119. The van der Waals surface area contributed by atoms with Crippen LogP contribution in [0.15, 0.2) is 53.0 Å². The first-order valence-electron chi connectivity index (χ1n) is 10.4. The summed E-state index contributed by atoms with van der Waals surface area (Å²) in [5.41, 5.74) is 2.53. The van der Waals surface area contributed by atoms with Gasteiger partial charge in [0.25, 0.3) is 5.91 Å². The number of halogens is 1. The summed E-state index contributed by atoms with van der Waals surface area (Å²) in [5.74, 6) is -0.220. The molecule has 0 aliphatic carbocycles. The molecular formula is C23H26BrN3O3. The molecule has 158 valence electrons. The van der Waals surface area contributed by atoms with E-state index in [-0.39, 0.29) is 11.8 Å². The molecule has 7 heteroatoms. The highest BCUT2D eigenvalue weighted by atomic mass is 79.9. The number of carbonyl (C=O) groups excluding carboxylic acids is 2. The van der Waals surface area contributed by atoms with Crippen molar-refractivity contribution < 1.29 is 14.3 Å². The highest BCUT2D eigenvalue weighted by Gasteiger charge is 2.34. The maximum atomic E-state index is 13.0. The number of ether oxygens (including phenoxy) is 1. The minimum atomic E-state index is -0.441. The normalized spacial score (nSPS) is 19.6. The standard InChI is InChI=1S/C23H26BrN3O3/c24-19-8-6-18(7-9-19)23(29)27-10-2-5-21(27)22(28)25-20-4-1-3-17(15-20)16-26-11-13-30-14-12-26/h1,3-4,6-9,15,21H,2,5,10-14,16H2,(H,25,28). The van der Waals surface area contributed by atoms with E-state index in [2.05, 4.69) is 32.2 Å². The third kappa shape index (κ3) is 5.09. The number of anilines is 1. The summed E-state index contributed by atoms with van der Waals surface area (Å²) in [5, 5.41) is 3.02. The van der Waals surface area contributed by atoms with Gasteiger partial charge in [-0.3, -0.25) is 14.5 Å². The van der Waals surface area contributed by atoms with Gasteiger partial charge in [-0.1, -0.05) is 28.1 Å². The van der Waals surface area contributed by atoms with Crippen molar-refractivity contribution in [2.45, 2.75) is 25.4 Å². The Morgan fingerprint density at radius 2 is 1.83 bits per heavy atom. The van der Waals surface area contributed by atoms with Crippen LogP contribution in [0.5, 0.6) is 0 Å². The number of rotatable bonds is 5. The number of amides is 2. The summed E-state index contributed by atoms with van der Waals surface area (Å²) in [7, 11) is 0. The van der Waals surface area contributed by atoms with Crippen LogP contribution in [0.1, 0.15) is 28.8 Å². The number of benzene rings is 2. The summed E-state index contributed by atoms with van der Waals surface area (Å²) in [6.07, 6.45) is 1.51. The predicted octanol–water partition coefficient (Wildman–Crippen LogP) is 3.52. The lowest BCUT2D eigenvalue weighted by Crippen LogP contribution is -2.43. The molecule has 0 saturated carbocycles. The van der Waals surface area contributed by atoms with E-state index in [1.165, 1.54) is 0 Å². The van der Waals surface area contributed by atoms with Gasteiger partial charge in [0.1, 0.15) is 6.04 Å². The van der Waals surface area contributed by atoms with Crippen molar-refractivity contribution in [2.75, 3.05) is 38.2 Å². The Kier molecular flexibility index (Phi) is 6.82. The number of nitrogens with zero attached hydrogens (tertiary/aromatic N) is 2. The van der Waals surface area contributed by atoms with Crippen molar-refractivity contribution in [1.82, 2.24) is 9.80 Å². The maximum Gasteiger partial charge on any atom is 0.254 e. The fraction of sp³-hybridized carbons (Fsp3) is 0.391. The van der Waals surface area contributed by atoms with Crippen molar-refractivity contribution in [3.05, 3.63) is 64.1 Å². The first kappa shape index (κ1) is 21.0. The van der Waals surface area contributed by atoms with E-state index < -0.39 is 6.04 Å². The molecule has 2 heterocycles. The summed E-state index contributed by atoms with van der Waals surface area (Å²) >= 11 is 3.39. The third-order valence-corrected chi connectivity index (χ3v) is 6.14. The van der Waals surface area contributed by atoms with Gasteiger partial charge < -0.3 is 15.0 Å². The number of carbonyl (C=O) groups is 2. The highest BCUT2D eigenvalue weighted by Crippen LogP contribution is 2.23. The van der Waals surface area contributed by atoms with Gasteiger partial charge in [0.15, 0.2) is 0 Å². The van der Waals surface area contributed by atoms with Crippen LogP contribution in [-0.4, -0.2) is 60.5 Å². The minimum absolute atomic E-state index is 0.0961. The van der Waals surface area contributed by atoms with E-state index in [0.717, 1.165) is 55.0 Å². The summed E-state index contributed by atoms with van der Waals surface area (Å²) in [6, 6.07) is 14.8. The number of morpholine rings is 1. The summed E-state index contributed by atoms with van der Waals surface area (Å²) in [4.78, 5) is 29.9. The largest absolute Gasteiger partial charge is 0.379 e. The second-order valence-electron chi connectivity index (χ2n) is 7.74. The van der Waals surface area contributed by atoms with Crippen molar-refractivity contribution in [2.24, 2.45) is 0 Å². The zero-order valence-electron chi connectivity index (χ0n) is 16.9. The summed E-state index contributed by atoms with van der Waals surface area (Å²) < 4.78 is 6.33. The second-order valence-corrected chi connectivity index (χ2v) is 8.66. The van der Waals surface area contributed by atoms with Crippen molar-refractivity contribution in [1.29, 1.82) is 0 Å². The number of likely N-dealkylation sites (tertiary alicyclic amines) is 1. The molecule has 2 aromatic carbocycles. The lowest BCUT2D eigenvalue weighted by atomic mass is 10.1. The molecule has 2 amide bonds. The molecule has 0 spiro atoms. The molecule has 30 heavy (non-hydrogen) atoms. The SMILES string of the molecule is O=C(Nc1cccc(CN2CCOCC2)c1)C1CCCN1C(=O)c1ccc(Br)cc1. The van der Waals surface area contributed by atoms with Gasteiger partial charge in [0.05, 0.1) is 13.2 Å². The Morgan fingerprint density at radius 1 is 1.07 bits per heavy atom. The van der Waals surface area contributed by atoms with Crippen LogP contribution >= 0.6 is 15.9 Å². The summed E-state index contributed by atoms with van der Waals surface area (Å²) in [6.45, 7) is 4.81. The molecule has 1 unspecified atom stereocenters. The van der Waals surface area contributed by atoms with Gasteiger partial charge in [-0.05, 0) is 54.8 Å². The molecule has 2 saturated heterocycles. The van der Waals surface area contributed by atoms with E-state index in [0.29, 0.717) is 18.5 Å². The zero-order chi connectivity index (χ0) is 20.9. The van der Waals surface area contributed by atoms with Gasteiger partial charge in [0.2, 0.25) is 5.91 Å². The van der Waals surface area contributed by atoms with Crippen molar-refractivity contribution in [3.63, 3.8) is 0 Å². The van der Waals surface area contributed by atoms with E-state index in [1.807, 2.05) is 30.3 Å². The Balaban J connectivity index is 1.40. The average molecular weight is 472 g/mol. The molecule has 1 N–H and O–H groups in total. The molecule has 4 rings (SSSR count). The van der Waals surface area contributed by atoms with Crippen LogP contribution in [0, 0.1) is 0 Å². The monoisotopic (exact) mass is 471 g/mol. The molecule has 1 atom stereocenters. The molecule has 2 aliphatic heterocycles. The molecule has 0 radical (unpaired) electrons.